The number of carbonyl (C=O) groups is 1. The molecule has 1 aliphatic rings. The van der Waals surface area contributed by atoms with E-state index in [2.05, 4.69) is 21.3 Å². The normalized spacial score (nSPS) is 14.9. The Kier molecular flexibility index (Phi) is 6.02. The molecule has 0 radical (unpaired) electrons. The third kappa shape index (κ3) is 4.39. The molecule has 1 N–H and O–H groups in total. The molecule has 1 fully saturated rings. The van der Waals surface area contributed by atoms with Crippen molar-refractivity contribution in [1.82, 2.24) is 14.9 Å². The van der Waals surface area contributed by atoms with E-state index in [0.717, 1.165) is 59.7 Å². The third-order valence-electron chi connectivity index (χ3n) is 6.35. The van der Waals surface area contributed by atoms with E-state index in [0.29, 0.717) is 5.56 Å². The fourth-order valence-electron chi connectivity index (χ4n) is 4.42. The molecule has 2 aromatic heterocycles. The number of anilines is 1. The smallest absolute Gasteiger partial charge is 0.253 e. The molecule has 4 aromatic rings. The zero-order valence-electron chi connectivity index (χ0n) is 19.3. The van der Waals surface area contributed by atoms with Crippen LogP contribution < -0.4 is 10.2 Å². The van der Waals surface area contributed by atoms with Crippen LogP contribution in [0.2, 0.25) is 0 Å². The molecule has 1 atom stereocenters. The van der Waals surface area contributed by atoms with Crippen molar-refractivity contribution in [3.05, 3.63) is 83.9 Å². The molecule has 2 aromatic carbocycles. The van der Waals surface area contributed by atoms with E-state index in [1.807, 2.05) is 61.3 Å². The van der Waals surface area contributed by atoms with Crippen LogP contribution in [0, 0.1) is 5.82 Å². The molecule has 7 heteroatoms. The Hall–Kier alpha value is -3.71. The first-order valence-corrected chi connectivity index (χ1v) is 11.4. The predicted molar refractivity (Wildman–Crippen MR) is 131 cm³/mol. The predicted octanol–water partition coefficient (Wildman–Crippen LogP) is 4.71. The lowest BCUT2D eigenvalue weighted by Crippen LogP contribution is -2.36. The van der Waals surface area contributed by atoms with Gasteiger partial charge in [0, 0.05) is 49.0 Å². The number of hydrogen-bond acceptors (Lipinski definition) is 4. The summed E-state index contributed by atoms with van der Waals surface area (Å²) < 4.78 is 21.0. The third-order valence-corrected chi connectivity index (χ3v) is 6.35. The van der Waals surface area contributed by atoms with Crippen LogP contribution in [0.3, 0.4) is 0 Å². The molecule has 1 saturated heterocycles. The Morgan fingerprint density at radius 1 is 1.09 bits per heavy atom. The van der Waals surface area contributed by atoms with Crippen molar-refractivity contribution in [3.63, 3.8) is 0 Å². The van der Waals surface area contributed by atoms with Crippen LogP contribution in [-0.2, 0) is 11.8 Å². The van der Waals surface area contributed by atoms with Crippen LogP contribution in [0.4, 0.5) is 10.2 Å². The summed E-state index contributed by atoms with van der Waals surface area (Å²) in [7, 11) is 1.92. The van der Waals surface area contributed by atoms with Gasteiger partial charge >= 0.3 is 0 Å². The zero-order chi connectivity index (χ0) is 23.7. The standard InChI is InChI=1S/C27H27FN4O2/c1-18(19-4-3-5-22(28)14-19)30-27(33)24-17-31(2)25-8-6-20(15-23(24)25)21-7-9-26(29-16-21)32-10-12-34-13-11-32/h3-9,14-18H,10-13H2,1-2H3,(H,30,33)/t18-/m0/s1. The number of morpholine rings is 1. The maximum atomic E-state index is 13.6. The van der Waals surface area contributed by atoms with Crippen molar-refractivity contribution >= 4 is 22.6 Å². The Morgan fingerprint density at radius 2 is 1.88 bits per heavy atom. The molecule has 1 amide bonds. The van der Waals surface area contributed by atoms with Crippen molar-refractivity contribution in [2.45, 2.75) is 13.0 Å². The van der Waals surface area contributed by atoms with Gasteiger partial charge in [-0.05, 0) is 54.4 Å². The molecule has 0 spiro atoms. The molecule has 34 heavy (non-hydrogen) atoms. The number of nitrogens with one attached hydrogen (secondary N) is 1. The summed E-state index contributed by atoms with van der Waals surface area (Å²) in [5.74, 6) is 0.432. The lowest BCUT2D eigenvalue weighted by Gasteiger charge is -2.27. The minimum atomic E-state index is -0.321. The van der Waals surface area contributed by atoms with Crippen molar-refractivity contribution in [1.29, 1.82) is 0 Å². The van der Waals surface area contributed by atoms with Gasteiger partial charge in [0.25, 0.3) is 5.91 Å². The second-order valence-electron chi connectivity index (χ2n) is 8.64. The van der Waals surface area contributed by atoms with Gasteiger partial charge in [0.15, 0.2) is 0 Å². The minimum Gasteiger partial charge on any atom is -0.378 e. The van der Waals surface area contributed by atoms with Gasteiger partial charge in [-0.25, -0.2) is 9.37 Å². The number of rotatable bonds is 5. The quantitative estimate of drug-likeness (QED) is 0.471. The summed E-state index contributed by atoms with van der Waals surface area (Å²) in [4.78, 5) is 20.0. The summed E-state index contributed by atoms with van der Waals surface area (Å²) in [5.41, 5.74) is 4.25. The molecule has 6 nitrogen and oxygen atoms in total. The molecule has 3 heterocycles. The van der Waals surface area contributed by atoms with E-state index in [1.54, 1.807) is 6.07 Å². The minimum absolute atomic E-state index is 0.194. The van der Waals surface area contributed by atoms with Gasteiger partial charge in [0.2, 0.25) is 0 Å². The van der Waals surface area contributed by atoms with Gasteiger partial charge in [0.1, 0.15) is 11.6 Å². The van der Waals surface area contributed by atoms with Crippen LogP contribution in [0.1, 0.15) is 28.9 Å². The van der Waals surface area contributed by atoms with Gasteiger partial charge in [0.05, 0.1) is 24.8 Å². The number of carbonyl (C=O) groups excluding carboxylic acids is 1. The first kappa shape index (κ1) is 22.1. The average Bonchev–Trinajstić information content (AvgIpc) is 3.20. The second kappa shape index (κ2) is 9.27. The summed E-state index contributed by atoms with van der Waals surface area (Å²) in [6.07, 6.45) is 3.71. The Morgan fingerprint density at radius 3 is 2.62 bits per heavy atom. The first-order valence-electron chi connectivity index (χ1n) is 11.4. The number of pyridine rings is 1. The topological polar surface area (TPSA) is 59.4 Å². The summed E-state index contributed by atoms with van der Waals surface area (Å²) >= 11 is 0. The molecule has 174 valence electrons. The van der Waals surface area contributed by atoms with E-state index in [9.17, 15) is 9.18 Å². The van der Waals surface area contributed by atoms with Crippen LogP contribution >= 0.6 is 0 Å². The summed E-state index contributed by atoms with van der Waals surface area (Å²) in [6, 6.07) is 16.2. The highest BCUT2D eigenvalue weighted by Crippen LogP contribution is 2.29. The van der Waals surface area contributed by atoms with E-state index in [-0.39, 0.29) is 17.8 Å². The fourth-order valence-corrected chi connectivity index (χ4v) is 4.42. The highest BCUT2D eigenvalue weighted by Gasteiger charge is 2.18. The zero-order valence-corrected chi connectivity index (χ0v) is 19.3. The van der Waals surface area contributed by atoms with Crippen molar-refractivity contribution in [2.24, 2.45) is 7.05 Å². The van der Waals surface area contributed by atoms with Crippen LogP contribution in [0.15, 0.2) is 67.0 Å². The molecule has 0 bridgehead atoms. The highest BCUT2D eigenvalue weighted by atomic mass is 19.1. The lowest BCUT2D eigenvalue weighted by atomic mass is 10.0. The molecule has 0 saturated carbocycles. The number of halogens is 1. The lowest BCUT2D eigenvalue weighted by molar-refractivity contribution is 0.0941. The maximum absolute atomic E-state index is 13.6. The number of aryl methyl sites for hydroxylation is 1. The van der Waals surface area contributed by atoms with Crippen molar-refractivity contribution in [2.75, 3.05) is 31.2 Å². The van der Waals surface area contributed by atoms with Gasteiger partial charge in [-0.15, -0.1) is 0 Å². The van der Waals surface area contributed by atoms with Crippen molar-refractivity contribution in [3.8, 4) is 11.1 Å². The van der Waals surface area contributed by atoms with Crippen LogP contribution in [0.5, 0.6) is 0 Å². The molecular formula is C27H27FN4O2. The van der Waals surface area contributed by atoms with E-state index in [1.165, 1.54) is 12.1 Å². The molecule has 0 unspecified atom stereocenters. The number of nitrogens with zero attached hydrogens (tertiary/aromatic N) is 3. The summed E-state index contributed by atoms with van der Waals surface area (Å²) in [5, 5.41) is 3.86. The van der Waals surface area contributed by atoms with Gasteiger partial charge < -0.3 is 19.5 Å². The number of amides is 1. The largest absolute Gasteiger partial charge is 0.378 e. The number of aromatic nitrogens is 2. The number of ether oxygens (including phenoxy) is 1. The average molecular weight is 459 g/mol. The Balaban J connectivity index is 1.41. The van der Waals surface area contributed by atoms with Crippen molar-refractivity contribution < 1.29 is 13.9 Å². The number of fused-ring (bicyclic) bond motifs is 1. The van der Waals surface area contributed by atoms with E-state index >= 15 is 0 Å². The van der Waals surface area contributed by atoms with Crippen LogP contribution in [-0.4, -0.2) is 41.8 Å². The van der Waals surface area contributed by atoms with Gasteiger partial charge in [-0.2, -0.15) is 0 Å². The van der Waals surface area contributed by atoms with Crippen LogP contribution in [0.25, 0.3) is 22.0 Å². The van der Waals surface area contributed by atoms with Gasteiger partial charge in [-0.1, -0.05) is 18.2 Å². The molecule has 1 aliphatic heterocycles. The first-order chi connectivity index (χ1) is 16.5. The second-order valence-corrected chi connectivity index (χ2v) is 8.64. The van der Waals surface area contributed by atoms with Gasteiger partial charge in [-0.3, -0.25) is 4.79 Å². The summed E-state index contributed by atoms with van der Waals surface area (Å²) in [6.45, 7) is 4.97. The molecule has 0 aliphatic carbocycles. The monoisotopic (exact) mass is 458 g/mol. The fraction of sp³-hybridized carbons (Fsp3) is 0.259. The maximum Gasteiger partial charge on any atom is 0.253 e. The molecule has 5 rings (SSSR count). The number of benzene rings is 2. The number of hydrogen-bond donors (Lipinski definition) is 1. The Bertz CT molecular complexity index is 1330. The SMILES string of the molecule is C[C@H](NC(=O)c1cn(C)c2ccc(-c3ccc(N4CCOCC4)nc3)cc12)c1cccc(F)c1. The van der Waals surface area contributed by atoms with E-state index in [4.69, 9.17) is 4.74 Å². The molecular weight excluding hydrogens is 431 g/mol. The Labute approximate surface area is 198 Å². The highest BCUT2D eigenvalue weighted by molar-refractivity contribution is 6.08. The van der Waals surface area contributed by atoms with E-state index < -0.39 is 0 Å².